The second-order valence-corrected chi connectivity index (χ2v) is 9.21. The lowest BCUT2D eigenvalue weighted by molar-refractivity contribution is -0.140. The second kappa shape index (κ2) is 8.20. The summed E-state index contributed by atoms with van der Waals surface area (Å²) in [6, 6.07) is 16.3. The summed E-state index contributed by atoms with van der Waals surface area (Å²) in [5.41, 5.74) is 3.37. The largest absolute Gasteiger partial charge is 0.507 e. The smallest absolute Gasteiger partial charge is 0.295 e. The van der Waals surface area contributed by atoms with E-state index in [-0.39, 0.29) is 11.3 Å². The quantitative estimate of drug-likeness (QED) is 0.293. The standard InChI is InChI=1S/C24H20BrNO3S/c1-14-6-3-4-8-18(14)21-20(22(27)16-9-10-19(25)15(2)12-16)23(28)24(29)26(21)13-17-7-5-11-30-17/h3-12,21,27H,13H2,1-2H3/b22-20+. The van der Waals surface area contributed by atoms with Crippen molar-refractivity contribution in [2.75, 3.05) is 0 Å². The molecule has 30 heavy (non-hydrogen) atoms. The Kier molecular flexibility index (Phi) is 5.62. The van der Waals surface area contributed by atoms with E-state index < -0.39 is 17.7 Å². The van der Waals surface area contributed by atoms with E-state index in [0.29, 0.717) is 12.1 Å². The molecule has 1 atom stereocenters. The van der Waals surface area contributed by atoms with Crippen LogP contribution >= 0.6 is 27.3 Å². The molecule has 1 aromatic heterocycles. The third kappa shape index (κ3) is 3.61. The minimum Gasteiger partial charge on any atom is -0.507 e. The SMILES string of the molecule is Cc1cc(/C(O)=C2\C(=O)C(=O)N(Cc3cccs3)C2c2ccccc2C)ccc1Br. The summed E-state index contributed by atoms with van der Waals surface area (Å²) in [4.78, 5) is 28.7. The van der Waals surface area contributed by atoms with Crippen LogP contribution in [0.3, 0.4) is 0 Å². The van der Waals surface area contributed by atoms with E-state index in [1.807, 2.05) is 61.7 Å². The number of hydrogen-bond acceptors (Lipinski definition) is 4. The fourth-order valence-electron chi connectivity index (χ4n) is 3.78. The Morgan fingerprint density at radius 3 is 2.50 bits per heavy atom. The van der Waals surface area contributed by atoms with Crippen LogP contribution in [-0.4, -0.2) is 21.7 Å². The monoisotopic (exact) mass is 481 g/mol. The van der Waals surface area contributed by atoms with Crippen molar-refractivity contribution in [3.8, 4) is 0 Å². The Bertz CT molecular complexity index is 1170. The average molecular weight is 482 g/mol. The van der Waals surface area contributed by atoms with Gasteiger partial charge in [-0.25, -0.2) is 0 Å². The number of carbonyl (C=O) groups is 2. The molecule has 1 N–H and O–H groups in total. The Morgan fingerprint density at radius 1 is 1.07 bits per heavy atom. The average Bonchev–Trinajstić information content (AvgIpc) is 3.32. The number of likely N-dealkylation sites (tertiary alicyclic amines) is 1. The number of nitrogens with zero attached hydrogens (tertiary/aromatic N) is 1. The van der Waals surface area contributed by atoms with Gasteiger partial charge >= 0.3 is 0 Å². The van der Waals surface area contributed by atoms with Crippen LogP contribution in [0.2, 0.25) is 0 Å². The van der Waals surface area contributed by atoms with E-state index in [9.17, 15) is 14.7 Å². The molecule has 2 aromatic carbocycles. The van der Waals surface area contributed by atoms with Crippen molar-refractivity contribution in [3.05, 3.63) is 97.2 Å². The number of aliphatic hydroxyl groups is 1. The Morgan fingerprint density at radius 2 is 1.83 bits per heavy atom. The maximum Gasteiger partial charge on any atom is 0.295 e. The lowest BCUT2D eigenvalue weighted by Crippen LogP contribution is -2.29. The lowest BCUT2D eigenvalue weighted by atomic mass is 9.92. The molecular weight excluding hydrogens is 462 g/mol. The van der Waals surface area contributed by atoms with E-state index in [4.69, 9.17) is 0 Å². The van der Waals surface area contributed by atoms with Gasteiger partial charge in [-0.3, -0.25) is 9.59 Å². The number of rotatable bonds is 4. The zero-order valence-electron chi connectivity index (χ0n) is 16.6. The van der Waals surface area contributed by atoms with Crippen molar-refractivity contribution in [1.29, 1.82) is 0 Å². The minimum absolute atomic E-state index is 0.132. The van der Waals surface area contributed by atoms with Gasteiger partial charge in [0.2, 0.25) is 0 Å². The fourth-order valence-corrected chi connectivity index (χ4v) is 4.73. The zero-order valence-corrected chi connectivity index (χ0v) is 19.0. The minimum atomic E-state index is -0.655. The molecule has 2 heterocycles. The van der Waals surface area contributed by atoms with Gasteiger partial charge in [0.15, 0.2) is 0 Å². The van der Waals surface area contributed by atoms with Crippen LogP contribution in [0.15, 0.2) is 70.0 Å². The summed E-state index contributed by atoms with van der Waals surface area (Å²) < 4.78 is 0.910. The number of benzene rings is 2. The van der Waals surface area contributed by atoms with Gasteiger partial charge in [0.25, 0.3) is 11.7 Å². The van der Waals surface area contributed by atoms with Crippen molar-refractivity contribution >= 4 is 44.7 Å². The summed E-state index contributed by atoms with van der Waals surface area (Å²) in [7, 11) is 0. The molecule has 0 radical (unpaired) electrons. The number of carbonyl (C=O) groups excluding carboxylic acids is 2. The highest BCUT2D eigenvalue weighted by Crippen LogP contribution is 2.41. The maximum absolute atomic E-state index is 13.1. The van der Waals surface area contributed by atoms with Crippen molar-refractivity contribution in [3.63, 3.8) is 0 Å². The van der Waals surface area contributed by atoms with Crippen LogP contribution in [0.25, 0.3) is 5.76 Å². The number of hydrogen-bond donors (Lipinski definition) is 1. The molecule has 4 rings (SSSR count). The van der Waals surface area contributed by atoms with Gasteiger partial charge < -0.3 is 10.0 Å². The molecule has 6 heteroatoms. The van der Waals surface area contributed by atoms with Crippen LogP contribution in [0.5, 0.6) is 0 Å². The van der Waals surface area contributed by atoms with Crippen LogP contribution in [0.4, 0.5) is 0 Å². The van der Waals surface area contributed by atoms with E-state index in [0.717, 1.165) is 26.0 Å². The number of amides is 1. The Labute approximate surface area is 187 Å². The third-order valence-electron chi connectivity index (χ3n) is 5.36. The molecular formula is C24H20BrNO3S. The highest BCUT2D eigenvalue weighted by atomic mass is 79.9. The van der Waals surface area contributed by atoms with Gasteiger partial charge in [-0.1, -0.05) is 52.3 Å². The molecule has 4 nitrogen and oxygen atoms in total. The van der Waals surface area contributed by atoms with Crippen molar-refractivity contribution in [1.82, 2.24) is 4.90 Å². The normalized spacial score (nSPS) is 18.2. The maximum atomic E-state index is 13.1. The first-order valence-corrected chi connectivity index (χ1v) is 11.2. The summed E-state index contributed by atoms with van der Waals surface area (Å²) in [6.45, 7) is 4.18. The predicted molar refractivity (Wildman–Crippen MR) is 122 cm³/mol. The molecule has 0 aliphatic carbocycles. The second-order valence-electron chi connectivity index (χ2n) is 7.33. The van der Waals surface area contributed by atoms with Gasteiger partial charge in [-0.2, -0.15) is 0 Å². The first-order valence-electron chi connectivity index (χ1n) is 9.51. The van der Waals surface area contributed by atoms with Gasteiger partial charge in [0.05, 0.1) is 18.2 Å². The molecule has 1 fully saturated rings. The predicted octanol–water partition coefficient (Wildman–Crippen LogP) is 5.75. The summed E-state index contributed by atoms with van der Waals surface area (Å²) >= 11 is 4.99. The number of Topliss-reactive ketones (excluding diaryl/α,β-unsaturated/α-hetero) is 1. The van der Waals surface area contributed by atoms with Crippen LogP contribution < -0.4 is 0 Å². The van der Waals surface area contributed by atoms with Gasteiger partial charge in [-0.05, 0) is 54.1 Å². The molecule has 0 spiro atoms. The number of aryl methyl sites for hydroxylation is 2. The van der Waals surface area contributed by atoms with Gasteiger partial charge in [0.1, 0.15) is 5.76 Å². The van der Waals surface area contributed by atoms with Crippen molar-refractivity contribution < 1.29 is 14.7 Å². The molecule has 1 aliphatic heterocycles. The van der Waals surface area contributed by atoms with Gasteiger partial charge in [0, 0.05) is 14.9 Å². The molecule has 1 unspecified atom stereocenters. The molecule has 152 valence electrons. The summed E-state index contributed by atoms with van der Waals surface area (Å²) in [5.74, 6) is -1.39. The van der Waals surface area contributed by atoms with E-state index in [2.05, 4.69) is 15.9 Å². The molecule has 1 amide bonds. The topological polar surface area (TPSA) is 57.6 Å². The summed E-state index contributed by atoms with van der Waals surface area (Å²) in [6.07, 6.45) is 0. The summed E-state index contributed by atoms with van der Waals surface area (Å²) in [5, 5.41) is 13.1. The molecule has 0 saturated carbocycles. The van der Waals surface area contributed by atoms with E-state index in [1.165, 1.54) is 11.3 Å². The first kappa shape index (κ1) is 20.6. The number of thiophene rings is 1. The number of aliphatic hydroxyl groups excluding tert-OH is 1. The lowest BCUT2D eigenvalue weighted by Gasteiger charge is -2.26. The molecule has 3 aromatic rings. The highest BCUT2D eigenvalue weighted by Gasteiger charge is 2.46. The first-order chi connectivity index (χ1) is 14.4. The Balaban J connectivity index is 1.90. The number of halogens is 1. The van der Waals surface area contributed by atoms with Crippen LogP contribution in [-0.2, 0) is 16.1 Å². The van der Waals surface area contributed by atoms with Crippen molar-refractivity contribution in [2.24, 2.45) is 0 Å². The Hall–Kier alpha value is -2.70. The van der Waals surface area contributed by atoms with E-state index in [1.54, 1.807) is 17.0 Å². The van der Waals surface area contributed by atoms with Crippen molar-refractivity contribution in [2.45, 2.75) is 26.4 Å². The molecule has 1 aliphatic rings. The fraction of sp³-hybridized carbons (Fsp3) is 0.167. The third-order valence-corrected chi connectivity index (χ3v) is 7.11. The van der Waals surface area contributed by atoms with Crippen LogP contribution in [0, 0.1) is 13.8 Å². The number of ketones is 1. The molecule has 0 bridgehead atoms. The highest BCUT2D eigenvalue weighted by molar-refractivity contribution is 9.10. The van der Waals surface area contributed by atoms with E-state index >= 15 is 0 Å². The zero-order chi connectivity index (χ0) is 21.4. The molecule has 1 saturated heterocycles. The van der Waals surface area contributed by atoms with Crippen LogP contribution in [0.1, 0.15) is 33.2 Å². The van der Waals surface area contributed by atoms with Gasteiger partial charge in [-0.15, -0.1) is 11.3 Å².